The maximum Gasteiger partial charge on any atom is 0.338 e. The van der Waals surface area contributed by atoms with Gasteiger partial charge in [-0.05, 0) is 43.7 Å². The number of carbonyl (C=O) groups is 2. The van der Waals surface area contributed by atoms with Crippen LogP contribution in [0.15, 0.2) is 24.3 Å². The molecule has 0 aliphatic rings. The van der Waals surface area contributed by atoms with E-state index in [0.29, 0.717) is 24.4 Å². The highest BCUT2D eigenvalue weighted by Crippen LogP contribution is 2.11. The lowest BCUT2D eigenvalue weighted by Gasteiger charge is -2.08. The third kappa shape index (κ3) is 8.67. The van der Waals surface area contributed by atoms with Gasteiger partial charge < -0.3 is 15.4 Å². The molecule has 0 aliphatic heterocycles. The van der Waals surface area contributed by atoms with Gasteiger partial charge in [0.25, 0.3) is 0 Å². The first-order chi connectivity index (χ1) is 11.7. The molecule has 1 aromatic carbocycles. The van der Waals surface area contributed by atoms with Crippen LogP contribution < -0.4 is 10.6 Å². The van der Waals surface area contributed by atoms with Crippen molar-refractivity contribution < 1.29 is 14.3 Å². The predicted octanol–water partition coefficient (Wildman–Crippen LogP) is 3.75. The summed E-state index contributed by atoms with van der Waals surface area (Å²) in [5.74, 6) is -0.400. The van der Waals surface area contributed by atoms with Crippen molar-refractivity contribution in [2.24, 2.45) is 0 Å². The number of nitrogens with one attached hydrogen (secondary N) is 2. The van der Waals surface area contributed by atoms with Crippen LogP contribution in [0.4, 0.5) is 5.69 Å². The highest BCUT2D eigenvalue weighted by molar-refractivity contribution is 5.93. The lowest BCUT2D eigenvalue weighted by Crippen LogP contribution is -2.28. The maximum atomic E-state index is 11.8. The first-order valence-electron chi connectivity index (χ1n) is 8.95. The first-order valence-corrected chi connectivity index (χ1v) is 8.95. The van der Waals surface area contributed by atoms with Crippen molar-refractivity contribution >= 4 is 17.6 Å². The molecule has 5 nitrogen and oxygen atoms in total. The maximum absolute atomic E-state index is 11.8. The van der Waals surface area contributed by atoms with Crippen molar-refractivity contribution in [1.29, 1.82) is 0 Å². The van der Waals surface area contributed by atoms with Gasteiger partial charge in [-0.1, -0.05) is 39.5 Å². The zero-order valence-electron chi connectivity index (χ0n) is 14.9. The highest BCUT2D eigenvalue weighted by atomic mass is 16.5. The summed E-state index contributed by atoms with van der Waals surface area (Å²) in [7, 11) is 0. The van der Waals surface area contributed by atoms with Crippen LogP contribution in [-0.2, 0) is 9.53 Å². The van der Waals surface area contributed by atoms with Crippen molar-refractivity contribution in [1.82, 2.24) is 5.32 Å². The third-order valence-corrected chi connectivity index (χ3v) is 3.63. The van der Waals surface area contributed by atoms with Gasteiger partial charge in [0.05, 0.1) is 18.7 Å². The van der Waals surface area contributed by atoms with Gasteiger partial charge in [0.15, 0.2) is 0 Å². The lowest BCUT2D eigenvalue weighted by molar-refractivity contribution is -0.115. The van der Waals surface area contributed by atoms with E-state index < -0.39 is 0 Å². The van der Waals surface area contributed by atoms with E-state index in [1.807, 2.05) is 0 Å². The predicted molar refractivity (Wildman–Crippen MR) is 97.3 cm³/mol. The second kappa shape index (κ2) is 12.5. The average Bonchev–Trinajstić information content (AvgIpc) is 2.59. The fourth-order valence-electron chi connectivity index (χ4n) is 2.20. The fraction of sp³-hybridized carbons (Fsp3) is 0.579. The van der Waals surface area contributed by atoms with Crippen LogP contribution in [0.2, 0.25) is 0 Å². The highest BCUT2D eigenvalue weighted by Gasteiger charge is 2.07. The van der Waals surface area contributed by atoms with E-state index in [1.54, 1.807) is 24.3 Å². The van der Waals surface area contributed by atoms with Crippen LogP contribution in [0.3, 0.4) is 0 Å². The van der Waals surface area contributed by atoms with Crippen molar-refractivity contribution in [2.45, 2.75) is 52.4 Å². The summed E-state index contributed by atoms with van der Waals surface area (Å²) in [6, 6.07) is 6.79. The molecule has 0 unspecified atom stereocenters. The summed E-state index contributed by atoms with van der Waals surface area (Å²) in [6.07, 6.45) is 6.47. The minimum Gasteiger partial charge on any atom is -0.462 e. The Hall–Kier alpha value is -1.88. The van der Waals surface area contributed by atoms with Crippen LogP contribution in [-0.4, -0.2) is 31.6 Å². The molecule has 0 radical (unpaired) electrons. The third-order valence-electron chi connectivity index (χ3n) is 3.63. The number of hydrogen-bond donors (Lipinski definition) is 2. The van der Waals surface area contributed by atoms with E-state index in [-0.39, 0.29) is 11.9 Å². The Morgan fingerprint density at radius 1 is 0.958 bits per heavy atom. The Morgan fingerprint density at radius 3 is 2.29 bits per heavy atom. The zero-order valence-corrected chi connectivity index (χ0v) is 14.9. The molecular formula is C19H30N2O3. The van der Waals surface area contributed by atoms with Crippen LogP contribution in [0, 0.1) is 0 Å². The second-order valence-corrected chi connectivity index (χ2v) is 5.85. The lowest BCUT2D eigenvalue weighted by atomic mass is 10.2. The SMILES string of the molecule is CCCCCNCC(=O)Nc1ccc(C(=O)OCCCCC)cc1. The molecule has 1 amide bonds. The number of anilines is 1. The molecule has 0 heterocycles. The number of esters is 1. The Morgan fingerprint density at radius 2 is 1.62 bits per heavy atom. The quantitative estimate of drug-likeness (QED) is 0.451. The summed E-state index contributed by atoms with van der Waals surface area (Å²) in [5.41, 5.74) is 1.18. The number of hydrogen-bond acceptors (Lipinski definition) is 4. The van der Waals surface area contributed by atoms with Crippen molar-refractivity contribution in [2.75, 3.05) is 25.0 Å². The number of benzene rings is 1. The van der Waals surface area contributed by atoms with Gasteiger partial charge in [-0.15, -0.1) is 0 Å². The van der Waals surface area contributed by atoms with Crippen LogP contribution >= 0.6 is 0 Å². The van der Waals surface area contributed by atoms with E-state index in [4.69, 9.17) is 4.74 Å². The van der Waals surface area contributed by atoms with E-state index >= 15 is 0 Å². The molecule has 1 rings (SSSR count). The number of amides is 1. The molecule has 0 saturated carbocycles. The molecule has 0 saturated heterocycles. The van der Waals surface area contributed by atoms with Gasteiger partial charge in [-0.25, -0.2) is 4.79 Å². The molecular weight excluding hydrogens is 304 g/mol. The molecule has 24 heavy (non-hydrogen) atoms. The van der Waals surface area contributed by atoms with Gasteiger partial charge in [-0.2, -0.15) is 0 Å². The van der Waals surface area contributed by atoms with Crippen molar-refractivity contribution in [3.05, 3.63) is 29.8 Å². The molecule has 2 N–H and O–H groups in total. The van der Waals surface area contributed by atoms with Crippen LogP contribution in [0.25, 0.3) is 0 Å². The number of ether oxygens (including phenoxy) is 1. The molecule has 134 valence electrons. The molecule has 0 atom stereocenters. The summed E-state index contributed by atoms with van der Waals surface area (Å²) >= 11 is 0. The second-order valence-electron chi connectivity index (χ2n) is 5.85. The van der Waals surface area contributed by atoms with Gasteiger partial charge in [-0.3, -0.25) is 4.79 Å². The average molecular weight is 334 g/mol. The molecule has 0 spiro atoms. The van der Waals surface area contributed by atoms with Gasteiger partial charge in [0.2, 0.25) is 5.91 Å². The smallest absolute Gasteiger partial charge is 0.338 e. The Kier molecular flexibility index (Phi) is 10.5. The Labute approximate surface area is 145 Å². The van der Waals surface area contributed by atoms with Crippen LogP contribution in [0.1, 0.15) is 62.7 Å². The molecule has 0 fully saturated rings. The number of unbranched alkanes of at least 4 members (excludes halogenated alkanes) is 4. The minimum atomic E-state index is -0.318. The molecule has 0 aliphatic carbocycles. The molecule has 0 bridgehead atoms. The number of rotatable bonds is 12. The van der Waals surface area contributed by atoms with E-state index in [2.05, 4.69) is 24.5 Å². The van der Waals surface area contributed by atoms with E-state index in [1.165, 1.54) is 12.8 Å². The monoisotopic (exact) mass is 334 g/mol. The zero-order chi connectivity index (χ0) is 17.6. The topological polar surface area (TPSA) is 67.4 Å². The largest absolute Gasteiger partial charge is 0.462 e. The van der Waals surface area contributed by atoms with Gasteiger partial charge in [0.1, 0.15) is 0 Å². The van der Waals surface area contributed by atoms with Crippen molar-refractivity contribution in [3.8, 4) is 0 Å². The van der Waals surface area contributed by atoms with E-state index in [0.717, 1.165) is 32.2 Å². The fourth-order valence-corrected chi connectivity index (χ4v) is 2.20. The Bertz CT molecular complexity index is 486. The van der Waals surface area contributed by atoms with Crippen molar-refractivity contribution in [3.63, 3.8) is 0 Å². The normalized spacial score (nSPS) is 10.4. The number of carbonyl (C=O) groups excluding carboxylic acids is 2. The molecule has 5 heteroatoms. The van der Waals surface area contributed by atoms with Gasteiger partial charge >= 0.3 is 5.97 Å². The molecule has 1 aromatic rings. The summed E-state index contributed by atoms with van der Waals surface area (Å²) < 4.78 is 5.20. The summed E-state index contributed by atoms with van der Waals surface area (Å²) in [4.78, 5) is 23.7. The molecule has 0 aromatic heterocycles. The van der Waals surface area contributed by atoms with E-state index in [9.17, 15) is 9.59 Å². The van der Waals surface area contributed by atoms with Gasteiger partial charge in [0, 0.05) is 5.69 Å². The standard InChI is InChI=1S/C19H30N2O3/c1-3-5-7-13-20-15-18(22)21-17-11-9-16(10-12-17)19(23)24-14-8-6-4-2/h9-12,20H,3-8,13-15H2,1-2H3,(H,21,22). The summed E-state index contributed by atoms with van der Waals surface area (Å²) in [6.45, 7) is 5.86. The minimum absolute atomic E-state index is 0.0820. The Balaban J connectivity index is 2.30. The summed E-state index contributed by atoms with van der Waals surface area (Å²) in [5, 5.41) is 5.92. The first kappa shape index (κ1) is 20.2. The van der Waals surface area contributed by atoms with Crippen LogP contribution in [0.5, 0.6) is 0 Å².